The molecule has 7 heteroatoms. The van der Waals surface area contributed by atoms with Crippen LogP contribution in [0.1, 0.15) is 28.3 Å². The number of hydrogen-bond donors (Lipinski definition) is 2. The Bertz CT molecular complexity index is 573. The van der Waals surface area contributed by atoms with Gasteiger partial charge in [-0.15, -0.1) is 22.7 Å². The van der Waals surface area contributed by atoms with E-state index < -0.39 is 0 Å². The lowest BCUT2D eigenvalue weighted by Crippen LogP contribution is -2.36. The van der Waals surface area contributed by atoms with Crippen LogP contribution in [-0.4, -0.2) is 23.0 Å². The molecule has 2 aromatic rings. The average Bonchev–Trinajstić information content (AvgIpc) is 3.08. The van der Waals surface area contributed by atoms with Crippen molar-refractivity contribution in [2.75, 3.05) is 7.05 Å². The molecule has 0 bridgehead atoms. The fourth-order valence-electron chi connectivity index (χ4n) is 1.63. The van der Waals surface area contributed by atoms with Crippen LogP contribution in [0.15, 0.2) is 15.8 Å². The van der Waals surface area contributed by atoms with Gasteiger partial charge >= 0.3 is 0 Å². The second-order valence-corrected chi connectivity index (χ2v) is 6.13. The summed E-state index contributed by atoms with van der Waals surface area (Å²) >= 11 is 3.36. The van der Waals surface area contributed by atoms with Gasteiger partial charge in [0.1, 0.15) is 5.01 Å². The van der Waals surface area contributed by atoms with E-state index in [-0.39, 0.29) is 0 Å². The maximum atomic E-state index is 4.52. The smallest absolute Gasteiger partial charge is 0.191 e. The first kappa shape index (κ1) is 14.9. The third-order valence-corrected chi connectivity index (χ3v) is 4.64. The largest absolute Gasteiger partial charge is 0.351 e. The molecule has 2 N–H and O–H groups in total. The van der Waals surface area contributed by atoms with Gasteiger partial charge in [0.05, 0.1) is 23.8 Å². The highest BCUT2D eigenvalue weighted by atomic mass is 32.1. The molecule has 0 aliphatic rings. The first-order valence-corrected chi connectivity index (χ1v) is 8.26. The predicted molar refractivity (Wildman–Crippen MR) is 85.4 cm³/mol. The second kappa shape index (κ2) is 7.35. The Morgan fingerprint density at radius 1 is 1.15 bits per heavy atom. The van der Waals surface area contributed by atoms with E-state index in [1.54, 1.807) is 29.7 Å². The van der Waals surface area contributed by atoms with E-state index in [2.05, 4.69) is 43.3 Å². The SMILES string of the molecule is CCc1nc(CNC(=NC)NCc2nc(C)cs2)cs1. The molecule has 0 aromatic carbocycles. The highest BCUT2D eigenvalue weighted by molar-refractivity contribution is 7.09. The quantitative estimate of drug-likeness (QED) is 0.657. The Morgan fingerprint density at radius 2 is 1.90 bits per heavy atom. The third-order valence-electron chi connectivity index (χ3n) is 2.64. The number of nitrogens with one attached hydrogen (secondary N) is 2. The number of thiazole rings is 2. The first-order chi connectivity index (χ1) is 9.71. The van der Waals surface area contributed by atoms with Gasteiger partial charge in [0.2, 0.25) is 0 Å². The number of hydrogen-bond acceptors (Lipinski definition) is 5. The van der Waals surface area contributed by atoms with Gasteiger partial charge in [-0.05, 0) is 13.3 Å². The summed E-state index contributed by atoms with van der Waals surface area (Å²) in [5.41, 5.74) is 2.12. The van der Waals surface area contributed by atoms with E-state index >= 15 is 0 Å². The molecule has 2 aromatic heterocycles. The molecule has 0 spiro atoms. The molecule has 0 radical (unpaired) electrons. The van der Waals surface area contributed by atoms with Gasteiger partial charge in [-0.2, -0.15) is 0 Å². The minimum atomic E-state index is 0.688. The van der Waals surface area contributed by atoms with Gasteiger partial charge in [-0.3, -0.25) is 4.99 Å². The van der Waals surface area contributed by atoms with E-state index in [0.29, 0.717) is 13.1 Å². The lowest BCUT2D eigenvalue weighted by atomic mass is 10.4. The highest BCUT2D eigenvalue weighted by Gasteiger charge is 2.04. The highest BCUT2D eigenvalue weighted by Crippen LogP contribution is 2.10. The number of aryl methyl sites for hydroxylation is 2. The summed E-state index contributed by atoms with van der Waals surface area (Å²) in [6, 6.07) is 0. The summed E-state index contributed by atoms with van der Waals surface area (Å²) in [5.74, 6) is 0.768. The minimum Gasteiger partial charge on any atom is -0.351 e. The molecule has 0 aliphatic heterocycles. The molecule has 20 heavy (non-hydrogen) atoms. The maximum Gasteiger partial charge on any atom is 0.191 e. The lowest BCUT2D eigenvalue weighted by molar-refractivity contribution is 0.791. The number of rotatable bonds is 5. The van der Waals surface area contributed by atoms with E-state index in [9.17, 15) is 0 Å². The molecule has 0 fully saturated rings. The van der Waals surface area contributed by atoms with Crippen LogP contribution in [0.3, 0.4) is 0 Å². The minimum absolute atomic E-state index is 0.688. The Hall–Kier alpha value is -1.47. The standard InChI is InChI=1S/C13H19N5S2/c1-4-11-18-10(8-20-11)5-15-13(14-3)16-6-12-17-9(2)7-19-12/h7-8H,4-6H2,1-3H3,(H2,14,15,16). The third kappa shape index (κ3) is 4.28. The van der Waals surface area contributed by atoms with Crippen LogP contribution in [0, 0.1) is 6.92 Å². The van der Waals surface area contributed by atoms with Crippen LogP contribution in [0.2, 0.25) is 0 Å². The van der Waals surface area contributed by atoms with Crippen molar-refractivity contribution in [3.63, 3.8) is 0 Å². The Labute approximate surface area is 127 Å². The molecule has 0 aliphatic carbocycles. The molecule has 0 saturated carbocycles. The number of nitrogens with zero attached hydrogens (tertiary/aromatic N) is 3. The molecule has 0 amide bonds. The van der Waals surface area contributed by atoms with E-state index in [0.717, 1.165) is 28.8 Å². The molecule has 5 nitrogen and oxygen atoms in total. The zero-order valence-electron chi connectivity index (χ0n) is 11.9. The number of aromatic nitrogens is 2. The van der Waals surface area contributed by atoms with E-state index in [1.165, 1.54) is 5.01 Å². The normalized spacial score (nSPS) is 11.7. The molecule has 108 valence electrons. The number of guanidine groups is 1. The van der Waals surface area contributed by atoms with Crippen molar-refractivity contribution < 1.29 is 0 Å². The van der Waals surface area contributed by atoms with E-state index in [4.69, 9.17) is 0 Å². The molecule has 0 saturated heterocycles. The molecule has 2 heterocycles. The summed E-state index contributed by atoms with van der Waals surface area (Å²) in [4.78, 5) is 13.1. The monoisotopic (exact) mass is 309 g/mol. The molecular formula is C13H19N5S2. The summed E-state index contributed by atoms with van der Waals surface area (Å²) in [5, 5.41) is 12.9. The Morgan fingerprint density at radius 3 is 2.50 bits per heavy atom. The van der Waals surface area contributed by atoms with Gasteiger partial charge in [0, 0.05) is 23.5 Å². The second-order valence-electron chi connectivity index (χ2n) is 4.25. The van der Waals surface area contributed by atoms with E-state index in [1.807, 2.05) is 6.92 Å². The summed E-state index contributed by atoms with van der Waals surface area (Å²) < 4.78 is 0. The van der Waals surface area contributed by atoms with Crippen molar-refractivity contribution in [3.05, 3.63) is 32.2 Å². The van der Waals surface area contributed by atoms with Crippen LogP contribution in [0.25, 0.3) is 0 Å². The van der Waals surface area contributed by atoms with Crippen molar-refractivity contribution in [3.8, 4) is 0 Å². The van der Waals surface area contributed by atoms with Crippen molar-refractivity contribution in [2.45, 2.75) is 33.4 Å². The molecule has 0 atom stereocenters. The zero-order chi connectivity index (χ0) is 14.4. The molecule has 0 unspecified atom stereocenters. The van der Waals surface area contributed by atoms with Crippen molar-refractivity contribution >= 4 is 28.6 Å². The van der Waals surface area contributed by atoms with Crippen LogP contribution in [-0.2, 0) is 19.5 Å². The van der Waals surface area contributed by atoms with Gasteiger partial charge in [-0.1, -0.05) is 6.92 Å². The van der Waals surface area contributed by atoms with Crippen LogP contribution >= 0.6 is 22.7 Å². The predicted octanol–water partition coefficient (Wildman–Crippen LogP) is 2.34. The summed E-state index contributed by atoms with van der Waals surface area (Å²) in [6.45, 7) is 5.50. The Balaban J connectivity index is 1.80. The van der Waals surface area contributed by atoms with Gasteiger partial charge in [0.15, 0.2) is 5.96 Å². The van der Waals surface area contributed by atoms with Gasteiger partial charge in [0.25, 0.3) is 0 Å². The Kier molecular flexibility index (Phi) is 5.49. The van der Waals surface area contributed by atoms with Gasteiger partial charge < -0.3 is 10.6 Å². The fraction of sp³-hybridized carbons (Fsp3) is 0.462. The zero-order valence-corrected chi connectivity index (χ0v) is 13.6. The first-order valence-electron chi connectivity index (χ1n) is 6.50. The average molecular weight is 309 g/mol. The summed E-state index contributed by atoms with van der Waals surface area (Å²) in [7, 11) is 1.76. The maximum absolute atomic E-state index is 4.52. The topological polar surface area (TPSA) is 62.2 Å². The fourth-order valence-corrected chi connectivity index (χ4v) is 3.09. The number of aliphatic imine (C=N–C) groups is 1. The van der Waals surface area contributed by atoms with Crippen molar-refractivity contribution in [1.82, 2.24) is 20.6 Å². The van der Waals surface area contributed by atoms with Crippen molar-refractivity contribution in [1.29, 1.82) is 0 Å². The van der Waals surface area contributed by atoms with Crippen LogP contribution in [0.4, 0.5) is 0 Å². The summed E-state index contributed by atoms with van der Waals surface area (Å²) in [6.07, 6.45) is 0.987. The lowest BCUT2D eigenvalue weighted by Gasteiger charge is -2.09. The molecule has 2 rings (SSSR count). The van der Waals surface area contributed by atoms with Crippen LogP contribution < -0.4 is 10.6 Å². The van der Waals surface area contributed by atoms with Crippen LogP contribution in [0.5, 0.6) is 0 Å². The molecular weight excluding hydrogens is 290 g/mol. The van der Waals surface area contributed by atoms with Crippen molar-refractivity contribution in [2.24, 2.45) is 4.99 Å². The van der Waals surface area contributed by atoms with Gasteiger partial charge in [-0.25, -0.2) is 9.97 Å².